The van der Waals surface area contributed by atoms with Crippen LogP contribution in [0.1, 0.15) is 21.5 Å². The molecule has 0 aromatic heterocycles. The van der Waals surface area contributed by atoms with Crippen LogP contribution in [-0.2, 0) is 6.61 Å². The fourth-order valence-electron chi connectivity index (χ4n) is 3.28. The molecule has 0 amide bonds. The lowest BCUT2D eigenvalue weighted by Gasteiger charge is -2.08. The zero-order chi connectivity index (χ0) is 17.7. The molecule has 3 aromatic rings. The second-order valence-corrected chi connectivity index (χ2v) is 6.63. The van der Waals surface area contributed by atoms with Gasteiger partial charge in [-0.2, -0.15) is 0 Å². The van der Waals surface area contributed by atoms with Gasteiger partial charge in [-0.25, -0.2) is 0 Å². The Morgan fingerprint density at radius 2 is 1.46 bits per heavy atom. The van der Waals surface area contributed by atoms with E-state index in [2.05, 4.69) is 0 Å². The van der Waals surface area contributed by atoms with Crippen LogP contribution in [0.5, 0.6) is 17.2 Å². The first-order chi connectivity index (χ1) is 12.7. The van der Waals surface area contributed by atoms with Crippen LogP contribution in [0.2, 0.25) is 5.02 Å². The van der Waals surface area contributed by atoms with E-state index in [0.29, 0.717) is 40.0 Å². The summed E-state index contributed by atoms with van der Waals surface area (Å²) in [6.07, 6.45) is 0. The second-order valence-electron chi connectivity index (χ2n) is 6.20. The lowest BCUT2D eigenvalue weighted by Crippen LogP contribution is -2.03. The fraction of sp³-hybridized carbons (Fsp3) is 0.0952. The second kappa shape index (κ2) is 5.78. The lowest BCUT2D eigenvalue weighted by atomic mass is 9.95. The number of ether oxygens (including phenoxy) is 3. The van der Waals surface area contributed by atoms with Crippen molar-refractivity contribution >= 4 is 17.4 Å². The molecule has 2 aliphatic heterocycles. The zero-order valence-electron chi connectivity index (χ0n) is 13.6. The molecule has 128 valence electrons. The number of hydrogen-bond donors (Lipinski definition) is 0. The van der Waals surface area contributed by atoms with Gasteiger partial charge in [0, 0.05) is 22.2 Å². The highest BCUT2D eigenvalue weighted by Crippen LogP contribution is 2.41. The Hall–Kier alpha value is -2.98. The summed E-state index contributed by atoms with van der Waals surface area (Å²) in [5.74, 6) is 1.61. The smallest absolute Gasteiger partial charge is 0.231 e. The van der Waals surface area contributed by atoms with E-state index in [1.165, 1.54) is 0 Å². The summed E-state index contributed by atoms with van der Waals surface area (Å²) in [6, 6.07) is 16.8. The van der Waals surface area contributed by atoms with Crippen molar-refractivity contribution in [2.24, 2.45) is 0 Å². The Morgan fingerprint density at radius 1 is 0.731 bits per heavy atom. The summed E-state index contributed by atoms with van der Waals surface area (Å²) < 4.78 is 16.7. The quantitative estimate of drug-likeness (QED) is 0.618. The molecular weight excluding hydrogens is 352 g/mol. The van der Waals surface area contributed by atoms with E-state index in [4.69, 9.17) is 25.8 Å². The topological polar surface area (TPSA) is 44.8 Å². The van der Waals surface area contributed by atoms with E-state index < -0.39 is 0 Å². The van der Waals surface area contributed by atoms with Gasteiger partial charge in [0.2, 0.25) is 6.79 Å². The molecule has 0 bridgehead atoms. The maximum Gasteiger partial charge on any atom is 0.231 e. The monoisotopic (exact) mass is 364 g/mol. The molecule has 0 N–H and O–H groups in total. The molecule has 0 saturated heterocycles. The summed E-state index contributed by atoms with van der Waals surface area (Å²) in [7, 11) is 0. The van der Waals surface area contributed by atoms with E-state index in [0.717, 1.165) is 16.7 Å². The number of benzene rings is 3. The first-order valence-corrected chi connectivity index (χ1v) is 8.57. The Labute approximate surface area is 154 Å². The zero-order valence-corrected chi connectivity index (χ0v) is 14.4. The van der Waals surface area contributed by atoms with Crippen molar-refractivity contribution in [1.29, 1.82) is 0 Å². The molecule has 0 saturated carbocycles. The predicted octanol–water partition coefficient (Wildman–Crippen LogP) is 4.86. The third kappa shape index (κ3) is 2.42. The number of halogens is 1. The SMILES string of the molecule is O=C1c2ccc(-c3ccc(Cl)cc3)cc2COc2cc3c(cc21)OCO3. The number of rotatable bonds is 1. The summed E-state index contributed by atoms with van der Waals surface area (Å²) in [6.45, 7) is 0.475. The number of ketones is 1. The molecule has 2 heterocycles. The van der Waals surface area contributed by atoms with E-state index in [1.807, 2.05) is 42.5 Å². The van der Waals surface area contributed by atoms with Gasteiger partial charge in [0.1, 0.15) is 12.4 Å². The first-order valence-electron chi connectivity index (χ1n) is 8.19. The third-order valence-corrected chi connectivity index (χ3v) is 4.88. The molecule has 3 aromatic carbocycles. The highest BCUT2D eigenvalue weighted by molar-refractivity contribution is 6.30. The van der Waals surface area contributed by atoms with Crippen molar-refractivity contribution in [1.82, 2.24) is 0 Å². The molecule has 0 radical (unpaired) electrons. The highest BCUT2D eigenvalue weighted by Gasteiger charge is 2.27. The highest BCUT2D eigenvalue weighted by atomic mass is 35.5. The summed E-state index contributed by atoms with van der Waals surface area (Å²) in [5.41, 5.74) is 4.03. The van der Waals surface area contributed by atoms with E-state index in [9.17, 15) is 4.79 Å². The van der Waals surface area contributed by atoms with E-state index in [-0.39, 0.29) is 12.6 Å². The van der Waals surface area contributed by atoms with Crippen LogP contribution >= 0.6 is 11.6 Å². The molecule has 0 atom stereocenters. The molecule has 4 nitrogen and oxygen atoms in total. The number of carbonyl (C=O) groups excluding carboxylic acids is 1. The Kier molecular flexibility index (Phi) is 3.40. The molecule has 26 heavy (non-hydrogen) atoms. The van der Waals surface area contributed by atoms with Crippen LogP contribution in [0.3, 0.4) is 0 Å². The number of fused-ring (bicyclic) bond motifs is 3. The number of carbonyl (C=O) groups is 1. The molecule has 5 rings (SSSR count). The van der Waals surface area contributed by atoms with E-state index >= 15 is 0 Å². The van der Waals surface area contributed by atoms with Gasteiger partial charge in [-0.05, 0) is 35.4 Å². The van der Waals surface area contributed by atoms with Crippen molar-refractivity contribution in [3.8, 4) is 28.4 Å². The predicted molar refractivity (Wildman–Crippen MR) is 97.2 cm³/mol. The van der Waals surface area contributed by atoms with Crippen molar-refractivity contribution in [2.75, 3.05) is 6.79 Å². The molecular formula is C21H13ClO4. The lowest BCUT2D eigenvalue weighted by molar-refractivity contribution is 0.103. The third-order valence-electron chi connectivity index (χ3n) is 4.63. The average molecular weight is 365 g/mol. The largest absolute Gasteiger partial charge is 0.488 e. The minimum atomic E-state index is -0.0755. The molecule has 0 aliphatic carbocycles. The van der Waals surface area contributed by atoms with E-state index in [1.54, 1.807) is 12.1 Å². The van der Waals surface area contributed by atoms with Gasteiger partial charge in [0.05, 0.1) is 5.56 Å². The molecule has 0 spiro atoms. The van der Waals surface area contributed by atoms with Gasteiger partial charge in [-0.1, -0.05) is 35.9 Å². The van der Waals surface area contributed by atoms with Gasteiger partial charge in [0.25, 0.3) is 0 Å². The summed E-state index contributed by atoms with van der Waals surface area (Å²) in [4.78, 5) is 13.0. The van der Waals surface area contributed by atoms with Crippen LogP contribution in [0.25, 0.3) is 11.1 Å². The normalized spacial score (nSPS) is 14.3. The van der Waals surface area contributed by atoms with Gasteiger partial charge in [-0.15, -0.1) is 0 Å². The fourth-order valence-corrected chi connectivity index (χ4v) is 3.40. The summed E-state index contributed by atoms with van der Waals surface area (Å²) >= 11 is 5.96. The number of hydrogen-bond acceptors (Lipinski definition) is 4. The average Bonchev–Trinajstić information content (AvgIpc) is 3.07. The minimum Gasteiger partial charge on any atom is -0.488 e. The Morgan fingerprint density at radius 3 is 2.27 bits per heavy atom. The van der Waals surface area contributed by atoms with Crippen LogP contribution in [-0.4, -0.2) is 12.6 Å². The molecule has 0 fully saturated rings. The van der Waals surface area contributed by atoms with Gasteiger partial charge in [0.15, 0.2) is 17.3 Å². The van der Waals surface area contributed by atoms with Crippen molar-refractivity contribution in [3.05, 3.63) is 76.3 Å². The minimum absolute atomic E-state index is 0.0755. The maximum absolute atomic E-state index is 13.0. The maximum atomic E-state index is 13.0. The van der Waals surface area contributed by atoms with Crippen molar-refractivity contribution in [2.45, 2.75) is 6.61 Å². The molecule has 0 unspecified atom stereocenters. The van der Waals surface area contributed by atoms with Gasteiger partial charge >= 0.3 is 0 Å². The summed E-state index contributed by atoms with van der Waals surface area (Å²) in [5, 5.41) is 0.690. The molecule has 5 heteroatoms. The molecule has 2 aliphatic rings. The van der Waals surface area contributed by atoms with Crippen LogP contribution in [0.15, 0.2) is 54.6 Å². The van der Waals surface area contributed by atoms with Crippen LogP contribution < -0.4 is 14.2 Å². The Balaban J connectivity index is 1.58. The van der Waals surface area contributed by atoms with Crippen LogP contribution in [0.4, 0.5) is 0 Å². The van der Waals surface area contributed by atoms with Crippen LogP contribution in [0, 0.1) is 0 Å². The standard InChI is InChI=1S/C21H13ClO4/c22-15-4-1-12(2-5-15)13-3-6-16-14(7-13)10-24-18-9-20-19(25-11-26-20)8-17(18)21(16)23/h1-9H,10-11H2. The van der Waals surface area contributed by atoms with Gasteiger partial charge < -0.3 is 14.2 Å². The van der Waals surface area contributed by atoms with Gasteiger partial charge in [-0.3, -0.25) is 4.79 Å². The Bertz CT molecular complexity index is 1040. The van der Waals surface area contributed by atoms with Crippen molar-refractivity contribution < 1.29 is 19.0 Å². The van der Waals surface area contributed by atoms with Crippen molar-refractivity contribution in [3.63, 3.8) is 0 Å². The first kappa shape index (κ1) is 15.3.